The average molecular weight is 237 g/mol. The number of ether oxygens (including phenoxy) is 1. The van der Waals surface area contributed by atoms with E-state index in [0.29, 0.717) is 24.3 Å². The van der Waals surface area contributed by atoms with E-state index in [4.69, 9.17) is 9.26 Å². The van der Waals surface area contributed by atoms with E-state index < -0.39 is 0 Å². The van der Waals surface area contributed by atoms with Crippen molar-refractivity contribution >= 4 is 0 Å². The summed E-state index contributed by atoms with van der Waals surface area (Å²) in [7, 11) is 0. The van der Waals surface area contributed by atoms with Crippen LogP contribution in [0.5, 0.6) is 0 Å². The van der Waals surface area contributed by atoms with Crippen LogP contribution in [0.25, 0.3) is 0 Å². The number of hydrogen-bond donors (Lipinski definition) is 1. The van der Waals surface area contributed by atoms with Crippen LogP contribution in [0, 0.1) is 5.92 Å². The topological polar surface area (TPSA) is 60.2 Å². The fraction of sp³-hybridized carbons (Fsp3) is 0.833. The molecule has 1 saturated heterocycles. The average Bonchev–Trinajstić information content (AvgIpc) is 3.11. The highest BCUT2D eigenvalue weighted by atomic mass is 16.5. The van der Waals surface area contributed by atoms with Gasteiger partial charge in [0, 0.05) is 12.5 Å². The van der Waals surface area contributed by atoms with Crippen molar-refractivity contribution < 1.29 is 9.26 Å². The van der Waals surface area contributed by atoms with Crippen LogP contribution >= 0.6 is 0 Å². The van der Waals surface area contributed by atoms with Gasteiger partial charge in [0.1, 0.15) is 6.61 Å². The summed E-state index contributed by atoms with van der Waals surface area (Å²) in [5.74, 6) is 2.65. The molecule has 1 N–H and O–H groups in total. The van der Waals surface area contributed by atoms with Gasteiger partial charge in [0.25, 0.3) is 0 Å². The van der Waals surface area contributed by atoms with Crippen LogP contribution in [0.1, 0.15) is 43.3 Å². The normalized spacial score (nSPS) is 25.1. The second-order valence-electron chi connectivity index (χ2n) is 5.05. The Morgan fingerprint density at radius 3 is 3.06 bits per heavy atom. The zero-order chi connectivity index (χ0) is 11.5. The first-order valence-electron chi connectivity index (χ1n) is 6.53. The van der Waals surface area contributed by atoms with Crippen LogP contribution in [-0.2, 0) is 11.3 Å². The second-order valence-corrected chi connectivity index (χ2v) is 5.05. The van der Waals surface area contributed by atoms with Crippen molar-refractivity contribution in [3.63, 3.8) is 0 Å². The zero-order valence-electron chi connectivity index (χ0n) is 10.0. The summed E-state index contributed by atoms with van der Waals surface area (Å²) in [6.45, 7) is 3.48. The third-order valence-electron chi connectivity index (χ3n) is 3.39. The molecule has 1 aromatic rings. The molecule has 0 aromatic carbocycles. The minimum atomic E-state index is 0.479. The lowest BCUT2D eigenvalue weighted by Gasteiger charge is -2.22. The molecule has 1 saturated carbocycles. The number of nitrogens with one attached hydrogen (secondary N) is 1. The maximum absolute atomic E-state index is 5.65. The summed E-state index contributed by atoms with van der Waals surface area (Å²) in [5.41, 5.74) is 0. The van der Waals surface area contributed by atoms with Gasteiger partial charge >= 0.3 is 0 Å². The monoisotopic (exact) mass is 237 g/mol. The van der Waals surface area contributed by atoms with Crippen molar-refractivity contribution in [3.05, 3.63) is 11.7 Å². The molecule has 0 amide bonds. The number of nitrogens with zero attached hydrogens (tertiary/aromatic N) is 2. The van der Waals surface area contributed by atoms with E-state index in [9.17, 15) is 0 Å². The SMILES string of the molecule is C1CNCC(COCc2noc(C3CC3)n2)C1. The molecule has 0 bridgehead atoms. The summed E-state index contributed by atoms with van der Waals surface area (Å²) < 4.78 is 10.8. The van der Waals surface area contributed by atoms with Crippen LogP contribution in [0.15, 0.2) is 4.52 Å². The lowest BCUT2D eigenvalue weighted by atomic mass is 10.0. The van der Waals surface area contributed by atoms with Gasteiger partial charge in [0.15, 0.2) is 5.82 Å². The first-order valence-corrected chi connectivity index (χ1v) is 6.53. The maximum atomic E-state index is 5.65. The van der Waals surface area contributed by atoms with Gasteiger partial charge in [-0.3, -0.25) is 0 Å². The van der Waals surface area contributed by atoms with Crippen LogP contribution in [0.3, 0.4) is 0 Å². The number of aromatic nitrogens is 2. The fourth-order valence-corrected chi connectivity index (χ4v) is 2.21. The number of piperidine rings is 1. The van der Waals surface area contributed by atoms with Gasteiger partial charge in [0.05, 0.1) is 6.61 Å². The third-order valence-corrected chi connectivity index (χ3v) is 3.39. The highest BCUT2D eigenvalue weighted by Crippen LogP contribution is 2.38. The molecule has 1 atom stereocenters. The smallest absolute Gasteiger partial charge is 0.229 e. The van der Waals surface area contributed by atoms with E-state index in [1.165, 1.54) is 25.7 Å². The van der Waals surface area contributed by atoms with Crippen molar-refractivity contribution in [2.24, 2.45) is 5.92 Å². The van der Waals surface area contributed by atoms with Gasteiger partial charge in [-0.05, 0) is 38.1 Å². The summed E-state index contributed by atoms with van der Waals surface area (Å²) in [4.78, 5) is 4.34. The minimum Gasteiger partial charge on any atom is -0.373 e. The van der Waals surface area contributed by atoms with Crippen molar-refractivity contribution in [3.8, 4) is 0 Å². The zero-order valence-corrected chi connectivity index (χ0v) is 10.0. The Morgan fingerprint density at radius 1 is 1.35 bits per heavy atom. The first kappa shape index (κ1) is 11.2. The molecular formula is C12H19N3O2. The van der Waals surface area contributed by atoms with Crippen LogP contribution in [0.2, 0.25) is 0 Å². The molecule has 17 heavy (non-hydrogen) atoms. The van der Waals surface area contributed by atoms with E-state index in [2.05, 4.69) is 15.5 Å². The molecule has 1 aliphatic heterocycles. The van der Waals surface area contributed by atoms with Gasteiger partial charge in [-0.2, -0.15) is 4.98 Å². The van der Waals surface area contributed by atoms with E-state index in [1.807, 2.05) is 0 Å². The lowest BCUT2D eigenvalue weighted by Crippen LogP contribution is -2.32. The Hall–Kier alpha value is -0.940. The van der Waals surface area contributed by atoms with Gasteiger partial charge < -0.3 is 14.6 Å². The highest BCUT2D eigenvalue weighted by molar-refractivity contribution is 5.01. The van der Waals surface area contributed by atoms with E-state index >= 15 is 0 Å². The Morgan fingerprint density at radius 2 is 2.29 bits per heavy atom. The van der Waals surface area contributed by atoms with Gasteiger partial charge in [-0.25, -0.2) is 0 Å². The molecule has 0 spiro atoms. The molecule has 2 aliphatic rings. The van der Waals surface area contributed by atoms with Gasteiger partial charge in [0.2, 0.25) is 5.89 Å². The van der Waals surface area contributed by atoms with Crippen LogP contribution in [0.4, 0.5) is 0 Å². The molecule has 3 rings (SSSR count). The summed E-state index contributed by atoms with van der Waals surface area (Å²) >= 11 is 0. The molecule has 1 unspecified atom stereocenters. The predicted octanol–water partition coefficient (Wildman–Crippen LogP) is 1.46. The molecule has 1 aromatic heterocycles. The van der Waals surface area contributed by atoms with Gasteiger partial charge in [-0.1, -0.05) is 5.16 Å². The highest BCUT2D eigenvalue weighted by Gasteiger charge is 2.29. The van der Waals surface area contributed by atoms with Crippen molar-refractivity contribution in [1.82, 2.24) is 15.5 Å². The van der Waals surface area contributed by atoms with Crippen LogP contribution < -0.4 is 5.32 Å². The summed E-state index contributed by atoms with van der Waals surface area (Å²) in [5, 5.41) is 7.31. The molecule has 2 fully saturated rings. The molecule has 94 valence electrons. The fourth-order valence-electron chi connectivity index (χ4n) is 2.21. The third kappa shape index (κ3) is 3.04. The number of rotatable bonds is 5. The van der Waals surface area contributed by atoms with Crippen molar-refractivity contribution in [2.45, 2.75) is 38.2 Å². The molecule has 2 heterocycles. The quantitative estimate of drug-likeness (QED) is 0.840. The predicted molar refractivity (Wildman–Crippen MR) is 61.5 cm³/mol. The standard InChI is InChI=1S/C12H19N3O2/c1-2-9(6-13-5-1)7-16-8-11-14-12(17-15-11)10-3-4-10/h9-10,13H,1-8H2. The van der Waals surface area contributed by atoms with Gasteiger partial charge in [-0.15, -0.1) is 0 Å². The maximum Gasteiger partial charge on any atom is 0.229 e. The Kier molecular flexibility index (Phi) is 3.38. The Labute approximate surface area is 101 Å². The molecule has 1 aliphatic carbocycles. The van der Waals surface area contributed by atoms with Crippen LogP contribution in [-0.4, -0.2) is 29.8 Å². The molecule has 5 nitrogen and oxygen atoms in total. The van der Waals surface area contributed by atoms with E-state index in [1.54, 1.807) is 0 Å². The largest absolute Gasteiger partial charge is 0.373 e. The molecular weight excluding hydrogens is 218 g/mol. The first-order chi connectivity index (χ1) is 8.42. The Bertz CT molecular complexity index is 356. The lowest BCUT2D eigenvalue weighted by molar-refractivity contribution is 0.0730. The summed E-state index contributed by atoms with van der Waals surface area (Å²) in [6.07, 6.45) is 4.89. The molecule has 5 heteroatoms. The van der Waals surface area contributed by atoms with E-state index in [0.717, 1.165) is 25.6 Å². The van der Waals surface area contributed by atoms with E-state index in [-0.39, 0.29) is 0 Å². The van der Waals surface area contributed by atoms with Crippen molar-refractivity contribution in [2.75, 3.05) is 19.7 Å². The Balaban J connectivity index is 1.40. The second kappa shape index (κ2) is 5.14. The number of hydrogen-bond acceptors (Lipinski definition) is 5. The molecule has 0 radical (unpaired) electrons. The minimum absolute atomic E-state index is 0.479. The van der Waals surface area contributed by atoms with Crippen molar-refractivity contribution in [1.29, 1.82) is 0 Å². The summed E-state index contributed by atoms with van der Waals surface area (Å²) in [6, 6.07) is 0.